The van der Waals surface area contributed by atoms with Gasteiger partial charge in [0.1, 0.15) is 5.82 Å². The van der Waals surface area contributed by atoms with Crippen LogP contribution in [0.3, 0.4) is 0 Å². The Morgan fingerprint density at radius 1 is 1.32 bits per heavy atom. The molecule has 4 heteroatoms. The number of rotatable bonds is 5. The zero-order chi connectivity index (χ0) is 13.1. The van der Waals surface area contributed by atoms with Gasteiger partial charge in [0, 0.05) is 25.5 Å². The van der Waals surface area contributed by atoms with Crippen LogP contribution >= 0.6 is 0 Å². The van der Waals surface area contributed by atoms with Crippen molar-refractivity contribution >= 4 is 5.82 Å². The second kappa shape index (κ2) is 5.87. The van der Waals surface area contributed by atoms with Crippen molar-refractivity contribution in [3.63, 3.8) is 0 Å². The van der Waals surface area contributed by atoms with E-state index in [9.17, 15) is 0 Å². The van der Waals surface area contributed by atoms with Crippen molar-refractivity contribution in [1.29, 1.82) is 0 Å². The van der Waals surface area contributed by atoms with Crippen molar-refractivity contribution in [3.05, 3.63) is 18.6 Å². The Balaban J connectivity index is 1.68. The summed E-state index contributed by atoms with van der Waals surface area (Å²) < 4.78 is 6.27. The number of hydrogen-bond acceptors (Lipinski definition) is 4. The molecule has 0 radical (unpaired) electrons. The van der Waals surface area contributed by atoms with E-state index in [1.807, 2.05) is 6.20 Å². The molecule has 0 unspecified atom stereocenters. The first-order valence-corrected chi connectivity index (χ1v) is 7.53. The van der Waals surface area contributed by atoms with E-state index in [-0.39, 0.29) is 0 Å². The lowest BCUT2D eigenvalue weighted by atomic mass is 10.1. The van der Waals surface area contributed by atoms with E-state index >= 15 is 0 Å². The molecule has 2 heterocycles. The van der Waals surface area contributed by atoms with Gasteiger partial charge >= 0.3 is 0 Å². The molecule has 104 valence electrons. The van der Waals surface area contributed by atoms with Gasteiger partial charge in [-0.15, -0.1) is 0 Å². The second-order valence-electron chi connectivity index (χ2n) is 5.74. The van der Waals surface area contributed by atoms with E-state index in [0.717, 1.165) is 31.2 Å². The van der Waals surface area contributed by atoms with Gasteiger partial charge in [0.25, 0.3) is 0 Å². The summed E-state index contributed by atoms with van der Waals surface area (Å²) in [7, 11) is 0. The van der Waals surface area contributed by atoms with Gasteiger partial charge in [0.2, 0.25) is 0 Å². The molecule has 0 spiro atoms. The molecule has 0 bridgehead atoms. The first-order chi connectivity index (χ1) is 9.36. The Labute approximate surface area is 115 Å². The van der Waals surface area contributed by atoms with Crippen LogP contribution in [0.4, 0.5) is 5.82 Å². The third-order valence-electron chi connectivity index (χ3n) is 4.09. The van der Waals surface area contributed by atoms with Crippen molar-refractivity contribution < 1.29 is 4.74 Å². The summed E-state index contributed by atoms with van der Waals surface area (Å²) in [5.74, 6) is 1.78. The van der Waals surface area contributed by atoms with Crippen molar-refractivity contribution in [2.24, 2.45) is 5.92 Å². The fraction of sp³-hybridized carbons (Fsp3) is 0.733. The van der Waals surface area contributed by atoms with Gasteiger partial charge in [0.05, 0.1) is 18.4 Å². The maximum atomic E-state index is 6.27. The largest absolute Gasteiger partial charge is 0.371 e. The molecule has 1 saturated heterocycles. The Kier molecular flexibility index (Phi) is 3.97. The number of anilines is 1. The third-order valence-corrected chi connectivity index (χ3v) is 4.09. The Hall–Kier alpha value is -1.16. The van der Waals surface area contributed by atoms with Crippen LogP contribution in [0.25, 0.3) is 0 Å². The van der Waals surface area contributed by atoms with Gasteiger partial charge in [-0.05, 0) is 25.2 Å². The standard InChI is InChI=1S/C15H23N3O/c1-2-3-4-13-10-18(15-9-16-7-8-17-15)11-14(19-13)12-5-6-12/h7-9,12-14H,2-6,10-11H2,1H3/t13-,14-/m1/s1. The third kappa shape index (κ3) is 3.24. The summed E-state index contributed by atoms with van der Waals surface area (Å²) >= 11 is 0. The molecule has 0 amide bonds. The summed E-state index contributed by atoms with van der Waals surface area (Å²) in [6.07, 6.45) is 12.4. The average Bonchev–Trinajstić information content (AvgIpc) is 3.30. The first-order valence-electron chi connectivity index (χ1n) is 7.53. The highest BCUT2D eigenvalue weighted by atomic mass is 16.5. The molecular formula is C15H23N3O. The van der Waals surface area contributed by atoms with Crippen molar-refractivity contribution in [3.8, 4) is 0 Å². The van der Waals surface area contributed by atoms with Gasteiger partial charge in [-0.2, -0.15) is 0 Å². The van der Waals surface area contributed by atoms with Gasteiger partial charge in [0.15, 0.2) is 0 Å². The molecule has 1 aromatic rings. The number of hydrogen-bond donors (Lipinski definition) is 0. The smallest absolute Gasteiger partial charge is 0.147 e. The number of aromatic nitrogens is 2. The van der Waals surface area contributed by atoms with Crippen LogP contribution in [0.5, 0.6) is 0 Å². The van der Waals surface area contributed by atoms with Crippen molar-refractivity contribution in [1.82, 2.24) is 9.97 Å². The van der Waals surface area contributed by atoms with E-state index < -0.39 is 0 Å². The molecule has 19 heavy (non-hydrogen) atoms. The second-order valence-corrected chi connectivity index (χ2v) is 5.74. The van der Waals surface area contributed by atoms with Crippen LogP contribution < -0.4 is 4.90 Å². The normalized spacial score (nSPS) is 27.5. The van der Waals surface area contributed by atoms with Gasteiger partial charge in [-0.25, -0.2) is 4.98 Å². The van der Waals surface area contributed by atoms with Crippen LogP contribution in [0.2, 0.25) is 0 Å². The molecule has 3 rings (SSSR count). The zero-order valence-electron chi connectivity index (χ0n) is 11.7. The van der Waals surface area contributed by atoms with E-state index in [1.54, 1.807) is 12.4 Å². The zero-order valence-corrected chi connectivity index (χ0v) is 11.7. The Bertz CT molecular complexity index is 394. The lowest BCUT2D eigenvalue weighted by molar-refractivity contribution is -0.0412. The molecule has 1 aliphatic heterocycles. The highest BCUT2D eigenvalue weighted by molar-refractivity contribution is 5.36. The highest BCUT2D eigenvalue weighted by Crippen LogP contribution is 2.37. The Morgan fingerprint density at radius 2 is 2.21 bits per heavy atom. The summed E-state index contributed by atoms with van der Waals surface area (Å²) in [4.78, 5) is 11.0. The molecule has 0 aromatic carbocycles. The van der Waals surface area contributed by atoms with E-state index in [0.29, 0.717) is 12.2 Å². The quantitative estimate of drug-likeness (QED) is 0.816. The highest BCUT2D eigenvalue weighted by Gasteiger charge is 2.38. The molecule has 2 fully saturated rings. The summed E-state index contributed by atoms with van der Waals surface area (Å²) in [5.41, 5.74) is 0. The Morgan fingerprint density at radius 3 is 2.89 bits per heavy atom. The van der Waals surface area contributed by atoms with Crippen LogP contribution in [0, 0.1) is 5.92 Å². The number of ether oxygens (including phenoxy) is 1. The van der Waals surface area contributed by atoms with Crippen LogP contribution in [0.1, 0.15) is 39.0 Å². The van der Waals surface area contributed by atoms with Crippen LogP contribution in [-0.2, 0) is 4.74 Å². The lowest BCUT2D eigenvalue weighted by Crippen LogP contribution is -2.49. The van der Waals surface area contributed by atoms with Crippen molar-refractivity contribution in [2.75, 3.05) is 18.0 Å². The fourth-order valence-electron chi connectivity index (χ4n) is 2.83. The van der Waals surface area contributed by atoms with E-state index in [2.05, 4.69) is 21.8 Å². The number of nitrogens with zero attached hydrogens (tertiary/aromatic N) is 3. The predicted octanol–water partition coefficient (Wildman–Crippen LogP) is 2.65. The fourth-order valence-corrected chi connectivity index (χ4v) is 2.83. The summed E-state index contributed by atoms with van der Waals surface area (Å²) in [6, 6.07) is 0. The first kappa shape index (κ1) is 12.9. The molecule has 1 aromatic heterocycles. The summed E-state index contributed by atoms with van der Waals surface area (Å²) in [5, 5.41) is 0. The minimum absolute atomic E-state index is 0.362. The SMILES string of the molecule is CCCC[C@@H]1CN(c2cnccn2)C[C@H](C2CC2)O1. The van der Waals surface area contributed by atoms with Crippen molar-refractivity contribution in [2.45, 2.75) is 51.2 Å². The molecule has 4 nitrogen and oxygen atoms in total. The molecular weight excluding hydrogens is 238 g/mol. The molecule has 1 aliphatic carbocycles. The maximum absolute atomic E-state index is 6.27. The predicted molar refractivity (Wildman–Crippen MR) is 75.2 cm³/mol. The topological polar surface area (TPSA) is 38.2 Å². The van der Waals surface area contributed by atoms with Crippen LogP contribution in [0.15, 0.2) is 18.6 Å². The lowest BCUT2D eigenvalue weighted by Gasteiger charge is -2.39. The molecule has 2 atom stereocenters. The molecule has 0 N–H and O–H groups in total. The monoisotopic (exact) mass is 261 g/mol. The van der Waals surface area contributed by atoms with Gasteiger partial charge in [-0.1, -0.05) is 19.8 Å². The maximum Gasteiger partial charge on any atom is 0.147 e. The van der Waals surface area contributed by atoms with Gasteiger partial charge in [-0.3, -0.25) is 4.98 Å². The molecule has 2 aliphatic rings. The minimum atomic E-state index is 0.362. The van der Waals surface area contributed by atoms with Crippen LogP contribution in [-0.4, -0.2) is 35.3 Å². The van der Waals surface area contributed by atoms with Gasteiger partial charge < -0.3 is 9.64 Å². The minimum Gasteiger partial charge on any atom is -0.371 e. The summed E-state index contributed by atoms with van der Waals surface area (Å²) in [6.45, 7) is 4.18. The van der Waals surface area contributed by atoms with E-state index in [4.69, 9.17) is 4.74 Å². The van der Waals surface area contributed by atoms with E-state index in [1.165, 1.54) is 25.7 Å². The molecule has 1 saturated carbocycles. The average molecular weight is 261 g/mol. The number of morpholine rings is 1. The number of unbranched alkanes of at least 4 members (excludes halogenated alkanes) is 1.